The van der Waals surface area contributed by atoms with E-state index in [4.69, 9.17) is 16.3 Å². The molecule has 2 unspecified atom stereocenters. The molecule has 0 spiro atoms. The van der Waals surface area contributed by atoms with Gasteiger partial charge in [-0.25, -0.2) is 0 Å². The van der Waals surface area contributed by atoms with E-state index < -0.39 is 0 Å². The Kier molecular flexibility index (Phi) is 6.18. The molecule has 2 nitrogen and oxygen atoms in total. The van der Waals surface area contributed by atoms with Gasteiger partial charge in [-0.15, -0.1) is 11.6 Å². The van der Waals surface area contributed by atoms with E-state index in [0.717, 1.165) is 25.7 Å². The minimum Gasteiger partial charge on any atom is -0.461 e. The van der Waals surface area contributed by atoms with Gasteiger partial charge in [0.05, 0.1) is 5.38 Å². The number of rotatable bonds is 5. The summed E-state index contributed by atoms with van der Waals surface area (Å²) in [5, 5.41) is -0.0167. The molecular weight excluding hydrogens is 224 g/mol. The van der Waals surface area contributed by atoms with Crippen molar-refractivity contribution >= 4 is 17.6 Å². The van der Waals surface area contributed by atoms with Crippen molar-refractivity contribution in [3.05, 3.63) is 0 Å². The highest BCUT2D eigenvalue weighted by Gasteiger charge is 2.31. The highest BCUT2D eigenvalue weighted by molar-refractivity contribution is 6.21. The molecular formula is C13H23ClO2. The monoisotopic (exact) mass is 246 g/mol. The summed E-state index contributed by atoms with van der Waals surface area (Å²) in [6, 6.07) is 0. The lowest BCUT2D eigenvalue weighted by Crippen LogP contribution is -2.35. The van der Waals surface area contributed by atoms with Crippen LogP contribution in [-0.4, -0.2) is 17.5 Å². The van der Waals surface area contributed by atoms with E-state index in [0.29, 0.717) is 5.92 Å². The van der Waals surface area contributed by atoms with Crippen LogP contribution >= 0.6 is 11.6 Å². The van der Waals surface area contributed by atoms with Crippen LogP contribution in [0.1, 0.15) is 58.8 Å². The zero-order valence-corrected chi connectivity index (χ0v) is 11.1. The Labute approximate surface area is 104 Å². The summed E-state index contributed by atoms with van der Waals surface area (Å²) in [6.45, 7) is 3.59. The van der Waals surface area contributed by atoms with Gasteiger partial charge >= 0.3 is 5.97 Å². The minimum absolute atomic E-state index is 0.0167. The Hall–Kier alpha value is -0.240. The first-order valence-electron chi connectivity index (χ1n) is 6.46. The summed E-state index contributed by atoms with van der Waals surface area (Å²) in [5.41, 5.74) is 0. The Morgan fingerprint density at radius 2 is 2.00 bits per heavy atom. The van der Waals surface area contributed by atoms with Crippen molar-refractivity contribution in [3.8, 4) is 0 Å². The molecule has 0 aromatic rings. The number of halogens is 1. The summed E-state index contributed by atoms with van der Waals surface area (Å²) in [7, 11) is 0. The van der Waals surface area contributed by atoms with Crippen LogP contribution in [0.15, 0.2) is 0 Å². The van der Waals surface area contributed by atoms with Crippen molar-refractivity contribution in [1.82, 2.24) is 0 Å². The molecule has 1 fully saturated rings. The molecule has 2 atom stereocenters. The third kappa shape index (κ3) is 4.32. The molecule has 94 valence electrons. The first-order chi connectivity index (χ1) is 7.65. The fraction of sp³-hybridized carbons (Fsp3) is 0.923. The number of carbonyl (C=O) groups is 1. The zero-order valence-electron chi connectivity index (χ0n) is 10.4. The van der Waals surface area contributed by atoms with E-state index >= 15 is 0 Å². The lowest BCUT2D eigenvalue weighted by molar-refractivity contribution is -0.150. The van der Waals surface area contributed by atoms with Gasteiger partial charge in [0.2, 0.25) is 0 Å². The Bertz CT molecular complexity index is 212. The lowest BCUT2D eigenvalue weighted by Gasteiger charge is -2.32. The largest absolute Gasteiger partial charge is 0.461 e. The molecule has 16 heavy (non-hydrogen) atoms. The van der Waals surface area contributed by atoms with E-state index in [2.05, 4.69) is 6.92 Å². The Morgan fingerprint density at radius 3 is 2.50 bits per heavy atom. The maximum Gasteiger partial charge on any atom is 0.302 e. The second kappa shape index (κ2) is 7.16. The lowest BCUT2D eigenvalue weighted by atomic mass is 9.83. The predicted octanol–water partition coefficient (Wildman–Crippen LogP) is 3.91. The van der Waals surface area contributed by atoms with Gasteiger partial charge in [-0.3, -0.25) is 4.79 Å². The molecule has 0 amide bonds. The smallest absolute Gasteiger partial charge is 0.302 e. The quantitative estimate of drug-likeness (QED) is 0.543. The normalized spacial score (nSPS) is 21.4. The molecule has 0 saturated heterocycles. The number of ether oxygens (including phenoxy) is 1. The third-order valence-corrected chi connectivity index (χ3v) is 3.80. The Balaban J connectivity index is 2.56. The van der Waals surface area contributed by atoms with Crippen LogP contribution in [-0.2, 0) is 9.53 Å². The van der Waals surface area contributed by atoms with Crippen LogP contribution in [0.2, 0.25) is 0 Å². The zero-order chi connectivity index (χ0) is 12.0. The van der Waals surface area contributed by atoms with Crippen molar-refractivity contribution in [2.24, 2.45) is 5.92 Å². The van der Waals surface area contributed by atoms with Gasteiger partial charge in [0.1, 0.15) is 6.10 Å². The van der Waals surface area contributed by atoms with Crippen LogP contribution in [0, 0.1) is 5.92 Å². The fourth-order valence-corrected chi connectivity index (χ4v) is 3.04. The fourth-order valence-electron chi connectivity index (χ4n) is 2.56. The van der Waals surface area contributed by atoms with Crippen molar-refractivity contribution in [1.29, 1.82) is 0 Å². The SMILES string of the molecule is CCCC(Cl)C(OC(C)=O)C1CCCCC1. The molecule has 0 radical (unpaired) electrons. The molecule has 1 rings (SSSR count). The van der Waals surface area contributed by atoms with Crippen molar-refractivity contribution < 1.29 is 9.53 Å². The van der Waals surface area contributed by atoms with Crippen LogP contribution in [0.5, 0.6) is 0 Å². The summed E-state index contributed by atoms with van der Waals surface area (Å²) >= 11 is 6.35. The summed E-state index contributed by atoms with van der Waals surface area (Å²) in [6.07, 6.45) is 8.02. The second-order valence-electron chi connectivity index (χ2n) is 4.78. The molecule has 3 heteroatoms. The third-order valence-electron chi connectivity index (χ3n) is 3.34. The highest BCUT2D eigenvalue weighted by atomic mass is 35.5. The van der Waals surface area contributed by atoms with Gasteiger partial charge < -0.3 is 4.74 Å². The molecule has 1 aliphatic rings. The first kappa shape index (κ1) is 13.8. The molecule has 0 heterocycles. The topological polar surface area (TPSA) is 26.3 Å². The van der Waals surface area contributed by atoms with E-state index in [1.54, 1.807) is 0 Å². The van der Waals surface area contributed by atoms with Crippen LogP contribution < -0.4 is 0 Å². The molecule has 1 saturated carbocycles. The van der Waals surface area contributed by atoms with Gasteiger partial charge in [-0.05, 0) is 25.2 Å². The number of hydrogen-bond acceptors (Lipinski definition) is 2. The van der Waals surface area contributed by atoms with Crippen molar-refractivity contribution in [2.45, 2.75) is 70.3 Å². The molecule has 0 N–H and O–H groups in total. The molecule has 0 bridgehead atoms. The summed E-state index contributed by atoms with van der Waals surface area (Å²) in [4.78, 5) is 11.1. The van der Waals surface area contributed by atoms with Crippen LogP contribution in [0.25, 0.3) is 0 Å². The number of esters is 1. The average molecular weight is 247 g/mol. The maximum absolute atomic E-state index is 11.1. The molecule has 0 aliphatic heterocycles. The Morgan fingerprint density at radius 1 is 1.38 bits per heavy atom. The van der Waals surface area contributed by atoms with Gasteiger partial charge in [-0.1, -0.05) is 32.6 Å². The second-order valence-corrected chi connectivity index (χ2v) is 5.34. The van der Waals surface area contributed by atoms with Crippen LogP contribution in [0.3, 0.4) is 0 Å². The standard InChI is InChI=1S/C13H23ClO2/c1-3-7-12(14)13(16-10(2)15)11-8-5-4-6-9-11/h11-13H,3-9H2,1-2H3. The van der Waals surface area contributed by atoms with Gasteiger partial charge in [0.15, 0.2) is 0 Å². The van der Waals surface area contributed by atoms with Gasteiger partial charge in [0, 0.05) is 6.92 Å². The van der Waals surface area contributed by atoms with E-state index in [1.807, 2.05) is 0 Å². The number of hydrogen-bond donors (Lipinski definition) is 0. The molecule has 1 aliphatic carbocycles. The van der Waals surface area contributed by atoms with Gasteiger partial charge in [-0.2, -0.15) is 0 Å². The van der Waals surface area contributed by atoms with E-state index in [9.17, 15) is 4.79 Å². The average Bonchev–Trinajstić information content (AvgIpc) is 2.27. The highest BCUT2D eigenvalue weighted by Crippen LogP contribution is 2.32. The number of carbonyl (C=O) groups excluding carboxylic acids is 1. The number of alkyl halides is 1. The van der Waals surface area contributed by atoms with Gasteiger partial charge in [0.25, 0.3) is 0 Å². The van der Waals surface area contributed by atoms with E-state index in [-0.39, 0.29) is 17.5 Å². The molecule has 0 aromatic carbocycles. The van der Waals surface area contributed by atoms with Crippen LogP contribution in [0.4, 0.5) is 0 Å². The van der Waals surface area contributed by atoms with Crippen molar-refractivity contribution in [2.75, 3.05) is 0 Å². The predicted molar refractivity (Wildman–Crippen MR) is 66.7 cm³/mol. The maximum atomic E-state index is 11.1. The van der Waals surface area contributed by atoms with E-state index in [1.165, 1.54) is 26.2 Å². The van der Waals surface area contributed by atoms with Crippen molar-refractivity contribution in [3.63, 3.8) is 0 Å². The molecule has 0 aromatic heterocycles. The minimum atomic E-state index is -0.197. The summed E-state index contributed by atoms with van der Waals surface area (Å²) < 4.78 is 5.43. The first-order valence-corrected chi connectivity index (χ1v) is 6.90. The summed E-state index contributed by atoms with van der Waals surface area (Å²) in [5.74, 6) is 0.282.